The molecule has 2 aliphatic rings. The molecule has 1 N–H and O–H groups in total. The van der Waals surface area contributed by atoms with Gasteiger partial charge in [0.05, 0.1) is 6.54 Å². The zero-order valence-corrected chi connectivity index (χ0v) is 11.6. The van der Waals surface area contributed by atoms with Gasteiger partial charge in [-0.1, -0.05) is 12.1 Å². The fraction of sp³-hybridized carbons (Fsp3) is 0.692. The van der Waals surface area contributed by atoms with Gasteiger partial charge in [0.2, 0.25) is 18.2 Å². The van der Waals surface area contributed by atoms with Gasteiger partial charge in [-0.2, -0.15) is 4.98 Å². The minimum Gasteiger partial charge on any atom is -0.343 e. The molecule has 0 aromatic carbocycles. The molecule has 0 spiro atoms. The van der Waals surface area contributed by atoms with E-state index < -0.39 is 11.6 Å². The average molecular weight is 278 g/mol. The standard InChI is InChI=1S/C13H18N4O3/c1-3-9-11(18)15-13(2,8-4-5-8)12(19)17(9)6-10-14-7-20-16-10/h7-9H,3-6H2,1-2H3,(H,15,18). The molecule has 2 amide bonds. The fourth-order valence-electron chi connectivity index (χ4n) is 2.91. The van der Waals surface area contributed by atoms with Crippen LogP contribution in [0.15, 0.2) is 10.9 Å². The molecule has 2 heterocycles. The number of carbonyl (C=O) groups excluding carboxylic acids is 2. The van der Waals surface area contributed by atoms with Crippen molar-refractivity contribution in [3.05, 3.63) is 12.2 Å². The number of carbonyl (C=O) groups is 2. The summed E-state index contributed by atoms with van der Waals surface area (Å²) in [5.74, 6) is 0.524. The lowest BCUT2D eigenvalue weighted by Crippen LogP contribution is -2.69. The number of rotatable bonds is 4. The van der Waals surface area contributed by atoms with Crippen LogP contribution in [-0.2, 0) is 16.1 Å². The van der Waals surface area contributed by atoms with Gasteiger partial charge in [0.1, 0.15) is 11.6 Å². The van der Waals surface area contributed by atoms with Crippen LogP contribution in [0.2, 0.25) is 0 Å². The summed E-state index contributed by atoms with van der Waals surface area (Å²) < 4.78 is 4.70. The van der Waals surface area contributed by atoms with E-state index >= 15 is 0 Å². The van der Waals surface area contributed by atoms with E-state index in [9.17, 15) is 9.59 Å². The van der Waals surface area contributed by atoms with Crippen molar-refractivity contribution in [2.75, 3.05) is 0 Å². The Hall–Kier alpha value is -1.92. The van der Waals surface area contributed by atoms with Crippen molar-refractivity contribution in [2.45, 2.75) is 51.2 Å². The number of hydrogen-bond acceptors (Lipinski definition) is 5. The van der Waals surface area contributed by atoms with Crippen molar-refractivity contribution in [2.24, 2.45) is 5.92 Å². The zero-order valence-electron chi connectivity index (χ0n) is 11.6. The molecule has 2 atom stereocenters. The highest BCUT2D eigenvalue weighted by Gasteiger charge is 2.55. The van der Waals surface area contributed by atoms with Crippen molar-refractivity contribution in [1.29, 1.82) is 0 Å². The van der Waals surface area contributed by atoms with Crippen LogP contribution in [0.5, 0.6) is 0 Å². The van der Waals surface area contributed by atoms with Crippen LogP contribution in [0, 0.1) is 5.92 Å². The SMILES string of the molecule is CCC1C(=O)NC(C)(C2CC2)C(=O)N1Cc1ncon1. The molecule has 3 rings (SSSR count). The molecule has 2 fully saturated rings. The Morgan fingerprint density at radius 3 is 2.80 bits per heavy atom. The van der Waals surface area contributed by atoms with E-state index in [4.69, 9.17) is 4.52 Å². The summed E-state index contributed by atoms with van der Waals surface area (Å²) in [5, 5.41) is 6.66. The van der Waals surface area contributed by atoms with E-state index in [1.54, 1.807) is 4.90 Å². The molecule has 1 saturated carbocycles. The molecule has 20 heavy (non-hydrogen) atoms. The third-order valence-corrected chi connectivity index (χ3v) is 4.27. The number of piperazine rings is 1. The first-order valence-electron chi connectivity index (χ1n) is 6.94. The van der Waals surface area contributed by atoms with E-state index in [1.165, 1.54) is 6.39 Å². The molecule has 1 aliphatic heterocycles. The van der Waals surface area contributed by atoms with Gasteiger partial charge in [-0.05, 0) is 32.1 Å². The summed E-state index contributed by atoms with van der Waals surface area (Å²) in [5.41, 5.74) is -0.785. The summed E-state index contributed by atoms with van der Waals surface area (Å²) >= 11 is 0. The molecule has 7 heteroatoms. The van der Waals surface area contributed by atoms with Crippen molar-refractivity contribution in [1.82, 2.24) is 20.4 Å². The van der Waals surface area contributed by atoms with Gasteiger partial charge < -0.3 is 14.7 Å². The smallest absolute Gasteiger partial charge is 0.249 e. The van der Waals surface area contributed by atoms with E-state index in [0.717, 1.165) is 12.8 Å². The highest BCUT2D eigenvalue weighted by molar-refractivity contribution is 6.00. The Labute approximate surface area is 116 Å². The monoisotopic (exact) mass is 278 g/mol. The lowest BCUT2D eigenvalue weighted by molar-refractivity contribution is -0.156. The summed E-state index contributed by atoms with van der Waals surface area (Å²) in [7, 11) is 0. The summed E-state index contributed by atoms with van der Waals surface area (Å²) in [4.78, 5) is 30.6. The van der Waals surface area contributed by atoms with Crippen molar-refractivity contribution >= 4 is 11.8 Å². The minimum absolute atomic E-state index is 0.0451. The van der Waals surface area contributed by atoms with Crippen LogP contribution in [-0.4, -0.2) is 38.4 Å². The van der Waals surface area contributed by atoms with E-state index in [-0.39, 0.29) is 24.3 Å². The maximum atomic E-state index is 12.8. The van der Waals surface area contributed by atoms with Crippen LogP contribution in [0.25, 0.3) is 0 Å². The normalized spacial score (nSPS) is 30.5. The number of nitrogens with one attached hydrogen (secondary N) is 1. The minimum atomic E-state index is -0.785. The number of aromatic nitrogens is 2. The number of nitrogens with zero attached hydrogens (tertiary/aromatic N) is 3. The van der Waals surface area contributed by atoms with E-state index in [2.05, 4.69) is 15.5 Å². The third-order valence-electron chi connectivity index (χ3n) is 4.27. The molecule has 7 nitrogen and oxygen atoms in total. The quantitative estimate of drug-likeness (QED) is 0.865. The molecule has 1 aliphatic carbocycles. The molecule has 0 bridgehead atoms. The topological polar surface area (TPSA) is 88.3 Å². The Bertz CT molecular complexity index is 526. The highest BCUT2D eigenvalue weighted by atomic mass is 16.5. The third kappa shape index (κ3) is 1.97. The first-order chi connectivity index (χ1) is 9.56. The molecule has 1 saturated heterocycles. The molecule has 108 valence electrons. The van der Waals surface area contributed by atoms with Gasteiger partial charge in [-0.3, -0.25) is 9.59 Å². The van der Waals surface area contributed by atoms with Gasteiger partial charge in [0.15, 0.2) is 5.82 Å². The second-order valence-corrected chi connectivity index (χ2v) is 5.67. The van der Waals surface area contributed by atoms with Gasteiger partial charge in [0.25, 0.3) is 0 Å². The van der Waals surface area contributed by atoms with Crippen molar-refractivity contribution in [3.63, 3.8) is 0 Å². The molecule has 1 aromatic rings. The first kappa shape index (κ1) is 13.1. The predicted octanol–water partition coefficient (Wildman–Crippen LogP) is 0.475. The van der Waals surface area contributed by atoms with Crippen LogP contribution < -0.4 is 5.32 Å². The van der Waals surface area contributed by atoms with Gasteiger partial charge in [-0.15, -0.1) is 0 Å². The second-order valence-electron chi connectivity index (χ2n) is 5.67. The first-order valence-corrected chi connectivity index (χ1v) is 6.94. The molecule has 1 aromatic heterocycles. The molecule has 2 unspecified atom stereocenters. The van der Waals surface area contributed by atoms with Crippen LogP contribution in [0.4, 0.5) is 0 Å². The van der Waals surface area contributed by atoms with Gasteiger partial charge >= 0.3 is 0 Å². The second kappa shape index (κ2) is 4.57. The van der Waals surface area contributed by atoms with E-state index in [1.807, 2.05) is 13.8 Å². The summed E-state index contributed by atoms with van der Waals surface area (Å²) in [6.07, 6.45) is 3.76. The zero-order chi connectivity index (χ0) is 14.3. The summed E-state index contributed by atoms with van der Waals surface area (Å²) in [6.45, 7) is 3.92. The average Bonchev–Trinajstić information content (AvgIpc) is 3.16. The Kier molecular flexibility index (Phi) is 2.99. The number of amides is 2. The predicted molar refractivity (Wildman–Crippen MR) is 68.2 cm³/mol. The Balaban J connectivity index is 1.89. The van der Waals surface area contributed by atoms with Crippen LogP contribution in [0.3, 0.4) is 0 Å². The van der Waals surface area contributed by atoms with E-state index in [0.29, 0.717) is 12.2 Å². The Morgan fingerprint density at radius 1 is 1.50 bits per heavy atom. The number of hydrogen-bond donors (Lipinski definition) is 1. The van der Waals surface area contributed by atoms with Gasteiger partial charge in [0, 0.05) is 0 Å². The van der Waals surface area contributed by atoms with Crippen LogP contribution >= 0.6 is 0 Å². The molecular weight excluding hydrogens is 260 g/mol. The maximum absolute atomic E-state index is 12.8. The summed E-state index contributed by atoms with van der Waals surface area (Å²) in [6, 6.07) is -0.465. The lowest BCUT2D eigenvalue weighted by atomic mass is 9.89. The highest BCUT2D eigenvalue weighted by Crippen LogP contribution is 2.42. The maximum Gasteiger partial charge on any atom is 0.249 e. The molecular formula is C13H18N4O3. The lowest BCUT2D eigenvalue weighted by Gasteiger charge is -2.44. The molecule has 0 radical (unpaired) electrons. The van der Waals surface area contributed by atoms with Crippen molar-refractivity contribution in [3.8, 4) is 0 Å². The van der Waals surface area contributed by atoms with Crippen molar-refractivity contribution < 1.29 is 14.1 Å². The van der Waals surface area contributed by atoms with Crippen LogP contribution in [0.1, 0.15) is 38.9 Å². The largest absolute Gasteiger partial charge is 0.343 e. The fourth-order valence-corrected chi connectivity index (χ4v) is 2.91. The van der Waals surface area contributed by atoms with Gasteiger partial charge in [-0.25, -0.2) is 0 Å². The Morgan fingerprint density at radius 2 is 2.25 bits per heavy atom.